The number of nitrogens with one attached hydrogen (secondary N) is 2. The molecule has 0 saturated heterocycles. The fraction of sp³-hybridized carbons (Fsp3) is 0.692. The summed E-state index contributed by atoms with van der Waals surface area (Å²) in [6.45, 7) is 6.54. The van der Waals surface area contributed by atoms with E-state index in [1.165, 1.54) is 6.07 Å². The van der Waals surface area contributed by atoms with Gasteiger partial charge < -0.3 is 9.73 Å². The molecule has 0 aromatic carbocycles. The van der Waals surface area contributed by atoms with Gasteiger partial charge in [0.1, 0.15) is 5.76 Å². The van der Waals surface area contributed by atoms with Gasteiger partial charge in [-0.05, 0) is 32.0 Å². The van der Waals surface area contributed by atoms with Crippen molar-refractivity contribution < 1.29 is 12.8 Å². The van der Waals surface area contributed by atoms with Crippen LogP contribution in [0.1, 0.15) is 39.4 Å². The first-order chi connectivity index (χ1) is 8.94. The Kier molecular flexibility index (Phi) is 6.03. The molecule has 5 nitrogen and oxygen atoms in total. The molecule has 0 amide bonds. The lowest BCUT2D eigenvalue weighted by molar-refractivity contribution is 0.375. The first-order valence-corrected chi connectivity index (χ1v) is 8.18. The largest absolute Gasteiger partial charge is 0.447 e. The fourth-order valence-corrected chi connectivity index (χ4v) is 3.43. The zero-order valence-corrected chi connectivity index (χ0v) is 12.9. The van der Waals surface area contributed by atoms with Gasteiger partial charge in [0.05, 0.1) is 6.54 Å². The molecule has 1 atom stereocenters. The zero-order chi connectivity index (χ0) is 14.5. The average molecular weight is 288 g/mol. The first-order valence-electron chi connectivity index (χ1n) is 6.70. The van der Waals surface area contributed by atoms with Gasteiger partial charge in [-0.1, -0.05) is 26.7 Å². The third-order valence-electron chi connectivity index (χ3n) is 3.35. The van der Waals surface area contributed by atoms with E-state index in [2.05, 4.69) is 23.9 Å². The van der Waals surface area contributed by atoms with E-state index in [0.717, 1.165) is 12.8 Å². The second-order valence-electron chi connectivity index (χ2n) is 4.74. The predicted molar refractivity (Wildman–Crippen MR) is 75.3 cm³/mol. The molecule has 0 aliphatic heterocycles. The van der Waals surface area contributed by atoms with Gasteiger partial charge >= 0.3 is 0 Å². The van der Waals surface area contributed by atoms with Crippen LogP contribution in [0.2, 0.25) is 0 Å². The summed E-state index contributed by atoms with van der Waals surface area (Å²) >= 11 is 0. The normalized spacial score (nSPS) is 13.9. The Bertz CT molecular complexity index is 478. The van der Waals surface area contributed by atoms with Crippen LogP contribution in [0.5, 0.6) is 0 Å². The molecule has 0 aliphatic rings. The van der Waals surface area contributed by atoms with E-state index in [4.69, 9.17) is 4.42 Å². The summed E-state index contributed by atoms with van der Waals surface area (Å²) in [6, 6.07) is 3.07. The number of sulfonamides is 1. The predicted octanol–water partition coefficient (Wildman–Crippen LogP) is 2.10. The molecule has 110 valence electrons. The summed E-state index contributed by atoms with van der Waals surface area (Å²) in [5, 5.41) is 2.90. The van der Waals surface area contributed by atoms with Gasteiger partial charge in [0.15, 0.2) is 0 Å². The van der Waals surface area contributed by atoms with Crippen molar-refractivity contribution in [2.75, 3.05) is 7.05 Å². The standard InChI is InChI=1S/C13H24N2O3S/c1-5-11(6-2)10(3)15-19(16,17)13-8-7-12(18-13)9-14-4/h7-8,10-11,14-15H,5-6,9H2,1-4H3. The Balaban J connectivity index is 2.79. The maximum absolute atomic E-state index is 12.2. The SMILES string of the molecule is CCC(CC)C(C)NS(=O)(=O)c1ccc(CNC)o1. The van der Waals surface area contributed by atoms with Crippen molar-refractivity contribution in [1.82, 2.24) is 10.0 Å². The van der Waals surface area contributed by atoms with Gasteiger partial charge in [0.2, 0.25) is 5.09 Å². The van der Waals surface area contributed by atoms with E-state index in [9.17, 15) is 8.42 Å². The van der Waals surface area contributed by atoms with Crippen LogP contribution >= 0.6 is 0 Å². The lowest BCUT2D eigenvalue weighted by Gasteiger charge is -2.21. The molecule has 0 saturated carbocycles. The molecule has 1 aromatic heterocycles. The van der Waals surface area contributed by atoms with Crippen molar-refractivity contribution in [3.05, 3.63) is 17.9 Å². The Labute approximate surface area is 115 Å². The smallest absolute Gasteiger partial charge is 0.274 e. The maximum atomic E-state index is 12.2. The molecular formula is C13H24N2O3S. The number of rotatable bonds is 8. The maximum Gasteiger partial charge on any atom is 0.274 e. The summed E-state index contributed by atoms with van der Waals surface area (Å²) in [5.74, 6) is 0.944. The minimum atomic E-state index is -3.57. The number of furan rings is 1. The highest BCUT2D eigenvalue weighted by Gasteiger charge is 2.24. The molecule has 1 heterocycles. The van der Waals surface area contributed by atoms with Gasteiger partial charge in [-0.25, -0.2) is 13.1 Å². The Morgan fingerprint density at radius 2 is 1.89 bits per heavy atom. The third-order valence-corrected chi connectivity index (χ3v) is 4.78. The van der Waals surface area contributed by atoms with Gasteiger partial charge in [-0.15, -0.1) is 0 Å². The second-order valence-corrected chi connectivity index (χ2v) is 6.38. The molecule has 1 unspecified atom stereocenters. The summed E-state index contributed by atoms with van der Waals surface area (Å²) in [4.78, 5) is 0. The van der Waals surface area contributed by atoms with Crippen LogP contribution < -0.4 is 10.0 Å². The van der Waals surface area contributed by atoms with Crippen molar-refractivity contribution >= 4 is 10.0 Å². The van der Waals surface area contributed by atoms with E-state index in [1.807, 2.05) is 6.92 Å². The fourth-order valence-electron chi connectivity index (χ4n) is 2.17. The minimum absolute atomic E-state index is 0.0180. The van der Waals surface area contributed by atoms with Crippen LogP contribution in [0.25, 0.3) is 0 Å². The van der Waals surface area contributed by atoms with Crippen LogP contribution in [0.3, 0.4) is 0 Å². The number of hydrogen-bond donors (Lipinski definition) is 2. The van der Waals surface area contributed by atoms with Crippen molar-refractivity contribution in [1.29, 1.82) is 0 Å². The van der Waals surface area contributed by atoms with Gasteiger partial charge in [-0.2, -0.15) is 0 Å². The second kappa shape index (κ2) is 7.07. The van der Waals surface area contributed by atoms with E-state index in [0.29, 0.717) is 18.2 Å². The highest BCUT2D eigenvalue weighted by atomic mass is 32.2. The third kappa shape index (κ3) is 4.33. The Morgan fingerprint density at radius 3 is 2.42 bits per heavy atom. The van der Waals surface area contributed by atoms with E-state index in [-0.39, 0.29) is 11.1 Å². The first kappa shape index (κ1) is 16.2. The van der Waals surface area contributed by atoms with Crippen molar-refractivity contribution in [2.24, 2.45) is 5.92 Å². The molecule has 19 heavy (non-hydrogen) atoms. The summed E-state index contributed by atoms with van der Waals surface area (Å²) in [7, 11) is -1.78. The highest BCUT2D eigenvalue weighted by Crippen LogP contribution is 2.18. The number of hydrogen-bond acceptors (Lipinski definition) is 4. The van der Waals surface area contributed by atoms with Gasteiger partial charge in [0.25, 0.3) is 10.0 Å². The van der Waals surface area contributed by atoms with E-state index in [1.54, 1.807) is 13.1 Å². The van der Waals surface area contributed by atoms with Crippen molar-refractivity contribution in [2.45, 2.75) is 51.3 Å². The zero-order valence-electron chi connectivity index (χ0n) is 12.1. The lowest BCUT2D eigenvalue weighted by atomic mass is 9.96. The molecular weight excluding hydrogens is 264 g/mol. The summed E-state index contributed by atoms with van der Waals surface area (Å²) in [5.41, 5.74) is 0. The van der Waals surface area contributed by atoms with Crippen LogP contribution in [0.15, 0.2) is 21.6 Å². The average Bonchev–Trinajstić information content (AvgIpc) is 2.80. The molecule has 0 bridgehead atoms. The van der Waals surface area contributed by atoms with E-state index < -0.39 is 10.0 Å². The quantitative estimate of drug-likeness (QED) is 0.768. The summed E-state index contributed by atoms with van der Waals surface area (Å²) in [6.07, 6.45) is 1.90. The molecule has 0 aliphatic carbocycles. The molecule has 6 heteroatoms. The van der Waals surface area contributed by atoms with Crippen molar-refractivity contribution in [3.8, 4) is 0 Å². The molecule has 1 rings (SSSR count). The monoisotopic (exact) mass is 288 g/mol. The van der Waals surface area contributed by atoms with Crippen LogP contribution in [0.4, 0.5) is 0 Å². The Morgan fingerprint density at radius 1 is 1.26 bits per heavy atom. The molecule has 1 aromatic rings. The molecule has 0 radical (unpaired) electrons. The minimum Gasteiger partial charge on any atom is -0.447 e. The van der Waals surface area contributed by atoms with Gasteiger partial charge in [0, 0.05) is 6.04 Å². The summed E-state index contributed by atoms with van der Waals surface area (Å²) < 4.78 is 32.4. The molecule has 0 spiro atoms. The van der Waals surface area contributed by atoms with Gasteiger partial charge in [-0.3, -0.25) is 0 Å². The topological polar surface area (TPSA) is 71.3 Å². The molecule has 2 N–H and O–H groups in total. The van der Waals surface area contributed by atoms with E-state index >= 15 is 0 Å². The molecule has 0 fully saturated rings. The highest BCUT2D eigenvalue weighted by molar-refractivity contribution is 7.89. The lowest BCUT2D eigenvalue weighted by Crippen LogP contribution is -2.37. The van der Waals surface area contributed by atoms with Crippen LogP contribution in [0, 0.1) is 5.92 Å². The van der Waals surface area contributed by atoms with Crippen molar-refractivity contribution in [3.63, 3.8) is 0 Å². The van der Waals surface area contributed by atoms with Crippen LogP contribution in [-0.2, 0) is 16.6 Å². The van der Waals surface area contributed by atoms with Crippen LogP contribution in [-0.4, -0.2) is 21.5 Å². The Hall–Kier alpha value is -0.850.